The molecule has 0 radical (unpaired) electrons. The largest absolute Gasteiger partial charge is 0.497 e. The van der Waals surface area contributed by atoms with Crippen LogP contribution in [0.3, 0.4) is 0 Å². The molecule has 11 heteroatoms. The molecule has 0 aliphatic heterocycles. The van der Waals surface area contributed by atoms with Gasteiger partial charge in [0.2, 0.25) is 0 Å². The number of rotatable bonds is 9. The Labute approximate surface area is 199 Å². The summed E-state index contributed by atoms with van der Waals surface area (Å²) in [7, 11) is 3.04. The minimum Gasteiger partial charge on any atom is -0.497 e. The topological polar surface area (TPSA) is 91.7 Å². The van der Waals surface area contributed by atoms with Crippen LogP contribution in [0.1, 0.15) is 12.5 Å². The quantitative estimate of drug-likeness (QED) is 0.493. The SMILES string of the molecule is COc1ccc(OC)c(-c2ccc(=O)n(CCNC(=O)C(C)Oc3cccc(C(F)(F)F)c3)n2)c1. The van der Waals surface area contributed by atoms with Gasteiger partial charge in [-0.3, -0.25) is 9.59 Å². The molecule has 1 unspecified atom stereocenters. The zero-order valence-electron chi connectivity index (χ0n) is 19.3. The number of hydrogen-bond acceptors (Lipinski definition) is 6. The molecule has 0 saturated carbocycles. The summed E-state index contributed by atoms with van der Waals surface area (Å²) in [6.45, 7) is 1.51. The van der Waals surface area contributed by atoms with Crippen molar-refractivity contribution in [2.75, 3.05) is 20.8 Å². The number of carbonyl (C=O) groups is 1. The smallest absolute Gasteiger partial charge is 0.416 e. The number of nitrogens with one attached hydrogen (secondary N) is 1. The summed E-state index contributed by atoms with van der Waals surface area (Å²) >= 11 is 0. The van der Waals surface area contributed by atoms with Crippen molar-refractivity contribution in [3.05, 3.63) is 70.5 Å². The Morgan fingerprint density at radius 2 is 1.83 bits per heavy atom. The first-order valence-electron chi connectivity index (χ1n) is 10.5. The molecule has 0 spiro atoms. The van der Waals surface area contributed by atoms with Gasteiger partial charge in [-0.25, -0.2) is 4.68 Å². The number of alkyl halides is 3. The van der Waals surface area contributed by atoms with Gasteiger partial charge in [-0.05, 0) is 49.4 Å². The number of aromatic nitrogens is 2. The van der Waals surface area contributed by atoms with Crippen LogP contribution in [0.25, 0.3) is 11.3 Å². The standard InChI is InChI=1S/C24H24F3N3O5/c1-15(35-18-6-4-5-16(13-18)24(25,26)27)23(32)28-11-12-30-22(31)10-8-20(29-30)19-14-17(33-2)7-9-21(19)34-3/h4-10,13-15H,11-12H2,1-3H3,(H,28,32). The van der Waals surface area contributed by atoms with Gasteiger partial charge in [0.25, 0.3) is 11.5 Å². The van der Waals surface area contributed by atoms with Gasteiger partial charge in [0.15, 0.2) is 6.10 Å². The van der Waals surface area contributed by atoms with Gasteiger partial charge >= 0.3 is 6.18 Å². The summed E-state index contributed by atoms with van der Waals surface area (Å²) < 4.78 is 55.7. The number of ether oxygens (including phenoxy) is 3. The number of methoxy groups -OCH3 is 2. The molecule has 186 valence electrons. The Hall–Kier alpha value is -4.02. The first-order valence-corrected chi connectivity index (χ1v) is 10.5. The van der Waals surface area contributed by atoms with Gasteiger partial charge in [-0.1, -0.05) is 6.07 Å². The molecule has 0 aliphatic rings. The number of carbonyl (C=O) groups excluding carboxylic acids is 1. The van der Waals surface area contributed by atoms with E-state index in [1.807, 2.05) is 0 Å². The van der Waals surface area contributed by atoms with E-state index in [4.69, 9.17) is 14.2 Å². The summed E-state index contributed by atoms with van der Waals surface area (Å²) in [5, 5.41) is 6.94. The van der Waals surface area contributed by atoms with Gasteiger partial charge in [-0.15, -0.1) is 0 Å². The van der Waals surface area contributed by atoms with Crippen LogP contribution in [0.2, 0.25) is 0 Å². The van der Waals surface area contributed by atoms with Crippen molar-refractivity contribution in [3.8, 4) is 28.5 Å². The van der Waals surface area contributed by atoms with Crippen molar-refractivity contribution in [2.45, 2.75) is 25.7 Å². The zero-order valence-corrected chi connectivity index (χ0v) is 19.3. The van der Waals surface area contributed by atoms with E-state index >= 15 is 0 Å². The van der Waals surface area contributed by atoms with Crippen LogP contribution in [0.4, 0.5) is 13.2 Å². The van der Waals surface area contributed by atoms with E-state index < -0.39 is 23.8 Å². The average Bonchev–Trinajstić information content (AvgIpc) is 2.84. The maximum Gasteiger partial charge on any atom is 0.416 e. The molecular formula is C24H24F3N3O5. The van der Waals surface area contributed by atoms with Gasteiger partial charge in [-0.2, -0.15) is 18.3 Å². The molecule has 0 saturated heterocycles. The molecule has 3 aromatic rings. The Morgan fingerprint density at radius 1 is 1.06 bits per heavy atom. The van der Waals surface area contributed by atoms with Gasteiger partial charge in [0.05, 0.1) is 32.0 Å². The maximum atomic E-state index is 12.9. The highest BCUT2D eigenvalue weighted by atomic mass is 19.4. The third-order valence-corrected chi connectivity index (χ3v) is 5.02. The number of hydrogen-bond donors (Lipinski definition) is 1. The van der Waals surface area contributed by atoms with Crippen LogP contribution >= 0.6 is 0 Å². The summed E-state index contributed by atoms with van der Waals surface area (Å²) in [6.07, 6.45) is -5.58. The Bertz CT molecular complexity index is 1240. The highest BCUT2D eigenvalue weighted by Crippen LogP contribution is 2.32. The maximum absolute atomic E-state index is 12.9. The molecule has 0 bridgehead atoms. The Balaban J connectivity index is 1.64. The third-order valence-electron chi connectivity index (χ3n) is 5.02. The van der Waals surface area contributed by atoms with Gasteiger partial charge < -0.3 is 19.5 Å². The Morgan fingerprint density at radius 3 is 2.51 bits per heavy atom. The van der Waals surface area contributed by atoms with Crippen molar-refractivity contribution in [1.82, 2.24) is 15.1 Å². The van der Waals surface area contributed by atoms with Crippen LogP contribution in [-0.2, 0) is 17.5 Å². The molecular weight excluding hydrogens is 467 g/mol. The van der Waals surface area contributed by atoms with Crippen LogP contribution in [0.15, 0.2) is 59.4 Å². The second-order valence-corrected chi connectivity index (χ2v) is 7.42. The van der Waals surface area contributed by atoms with Crippen LogP contribution < -0.4 is 25.1 Å². The molecule has 3 rings (SSSR count). The average molecular weight is 491 g/mol. The summed E-state index contributed by atoms with van der Waals surface area (Å²) in [6, 6.07) is 12.4. The molecule has 1 N–H and O–H groups in total. The van der Waals surface area contributed by atoms with E-state index in [9.17, 15) is 22.8 Å². The van der Waals surface area contributed by atoms with Crippen molar-refractivity contribution in [3.63, 3.8) is 0 Å². The van der Waals surface area contributed by atoms with E-state index in [2.05, 4.69) is 10.4 Å². The highest BCUT2D eigenvalue weighted by Gasteiger charge is 2.30. The van der Waals surface area contributed by atoms with Crippen LogP contribution in [0, 0.1) is 0 Å². The van der Waals surface area contributed by atoms with Crippen molar-refractivity contribution in [1.29, 1.82) is 0 Å². The zero-order chi connectivity index (χ0) is 25.6. The summed E-state index contributed by atoms with van der Waals surface area (Å²) in [5.41, 5.74) is -0.167. The second kappa shape index (κ2) is 10.9. The summed E-state index contributed by atoms with van der Waals surface area (Å²) in [4.78, 5) is 24.6. The van der Waals surface area contributed by atoms with E-state index in [0.29, 0.717) is 22.8 Å². The molecule has 8 nitrogen and oxygen atoms in total. The van der Waals surface area contributed by atoms with Gasteiger partial charge in [0.1, 0.15) is 17.2 Å². The minimum atomic E-state index is -4.52. The van der Waals surface area contributed by atoms with Crippen LogP contribution in [-0.4, -0.2) is 42.6 Å². The molecule has 0 fully saturated rings. The Kier molecular flexibility index (Phi) is 8.00. The lowest BCUT2D eigenvalue weighted by Crippen LogP contribution is -2.39. The third kappa shape index (κ3) is 6.52. The van der Waals surface area contributed by atoms with Gasteiger partial charge in [0, 0.05) is 18.2 Å². The second-order valence-electron chi connectivity index (χ2n) is 7.42. The van der Waals surface area contributed by atoms with Crippen LogP contribution in [0.5, 0.6) is 17.2 Å². The normalized spacial score (nSPS) is 12.1. The molecule has 1 heterocycles. The predicted molar refractivity (Wildman–Crippen MR) is 122 cm³/mol. The van der Waals surface area contributed by atoms with E-state index in [0.717, 1.165) is 12.1 Å². The lowest BCUT2D eigenvalue weighted by atomic mass is 10.1. The fraction of sp³-hybridized carbons (Fsp3) is 0.292. The highest BCUT2D eigenvalue weighted by molar-refractivity contribution is 5.80. The predicted octanol–water partition coefficient (Wildman–Crippen LogP) is 3.53. The molecule has 1 atom stereocenters. The first kappa shape index (κ1) is 25.6. The molecule has 35 heavy (non-hydrogen) atoms. The number of benzene rings is 2. The van der Waals surface area contributed by atoms with E-state index in [-0.39, 0.29) is 24.4 Å². The molecule has 1 aromatic heterocycles. The van der Waals surface area contributed by atoms with E-state index in [1.165, 1.54) is 44.0 Å². The van der Waals surface area contributed by atoms with Crippen molar-refractivity contribution in [2.24, 2.45) is 0 Å². The lowest BCUT2D eigenvalue weighted by Gasteiger charge is -2.16. The molecule has 1 amide bonds. The number of amides is 1. The fourth-order valence-corrected chi connectivity index (χ4v) is 3.20. The van der Waals surface area contributed by atoms with Crippen molar-refractivity contribution < 1.29 is 32.2 Å². The first-order chi connectivity index (χ1) is 16.6. The molecule has 0 aliphatic carbocycles. The summed E-state index contributed by atoms with van der Waals surface area (Å²) in [5.74, 6) is 0.487. The monoisotopic (exact) mass is 491 g/mol. The van der Waals surface area contributed by atoms with E-state index in [1.54, 1.807) is 24.3 Å². The molecule has 2 aromatic carbocycles. The minimum absolute atomic E-state index is 0.0424. The fourth-order valence-electron chi connectivity index (χ4n) is 3.20. The number of halogens is 3. The van der Waals surface area contributed by atoms with Crippen molar-refractivity contribution >= 4 is 5.91 Å². The lowest BCUT2D eigenvalue weighted by molar-refractivity contribution is -0.137. The number of nitrogens with zero attached hydrogens (tertiary/aromatic N) is 2.